The van der Waals surface area contributed by atoms with Crippen molar-refractivity contribution in [2.75, 3.05) is 0 Å². The van der Waals surface area contributed by atoms with Gasteiger partial charge in [-0.3, -0.25) is 10.1 Å². The van der Waals surface area contributed by atoms with Crippen LogP contribution in [0.4, 0.5) is 8.78 Å². The highest BCUT2D eigenvalue weighted by Crippen LogP contribution is 2.30. The van der Waals surface area contributed by atoms with Crippen LogP contribution in [0.25, 0.3) is 22.4 Å². The predicted octanol–water partition coefficient (Wildman–Crippen LogP) is 3.90. The van der Waals surface area contributed by atoms with Gasteiger partial charge in [0.25, 0.3) is 0 Å². The van der Waals surface area contributed by atoms with E-state index in [0.29, 0.717) is 11.6 Å². The first kappa shape index (κ1) is 19.9. The topological polar surface area (TPSA) is 87.7 Å². The smallest absolute Gasteiger partial charge is 0.240 e. The molecule has 0 fully saturated rings. The average Bonchev–Trinajstić information content (AvgIpc) is 3.25. The van der Waals surface area contributed by atoms with Crippen LogP contribution in [0.3, 0.4) is 0 Å². The SMILES string of the molecule is O=S(=O)(NCc1cccc(-c2[nH]ncc2-c2ccncc2)c1)c1ccc(F)c(F)c1. The molecule has 4 aromatic rings. The Hall–Kier alpha value is -3.43. The molecule has 6 nitrogen and oxygen atoms in total. The summed E-state index contributed by atoms with van der Waals surface area (Å²) < 4.78 is 53.7. The molecule has 0 spiro atoms. The highest BCUT2D eigenvalue weighted by atomic mass is 32.2. The summed E-state index contributed by atoms with van der Waals surface area (Å²) in [6.45, 7) is -0.0199. The van der Waals surface area contributed by atoms with E-state index in [4.69, 9.17) is 0 Å². The quantitative estimate of drug-likeness (QED) is 0.490. The molecule has 0 aliphatic carbocycles. The van der Waals surface area contributed by atoms with Crippen LogP contribution in [0.1, 0.15) is 5.56 Å². The van der Waals surface area contributed by atoms with Crippen molar-refractivity contribution in [3.05, 3.63) is 90.4 Å². The van der Waals surface area contributed by atoms with Crippen molar-refractivity contribution in [3.63, 3.8) is 0 Å². The zero-order chi connectivity index (χ0) is 21.1. The van der Waals surface area contributed by atoms with Crippen molar-refractivity contribution < 1.29 is 17.2 Å². The van der Waals surface area contributed by atoms with Crippen molar-refractivity contribution in [2.24, 2.45) is 0 Å². The predicted molar refractivity (Wildman–Crippen MR) is 108 cm³/mol. The molecule has 9 heteroatoms. The minimum absolute atomic E-state index is 0.0199. The maximum Gasteiger partial charge on any atom is 0.240 e. The number of benzene rings is 2. The largest absolute Gasteiger partial charge is 0.277 e. The van der Waals surface area contributed by atoms with Crippen LogP contribution in [0.2, 0.25) is 0 Å². The molecule has 2 N–H and O–H groups in total. The van der Waals surface area contributed by atoms with E-state index >= 15 is 0 Å². The lowest BCUT2D eigenvalue weighted by Gasteiger charge is -2.09. The Balaban J connectivity index is 1.57. The van der Waals surface area contributed by atoms with E-state index in [1.54, 1.807) is 30.7 Å². The monoisotopic (exact) mass is 426 g/mol. The Bertz CT molecular complexity index is 1290. The van der Waals surface area contributed by atoms with Gasteiger partial charge in [0.15, 0.2) is 11.6 Å². The lowest BCUT2D eigenvalue weighted by Crippen LogP contribution is -2.23. The van der Waals surface area contributed by atoms with Crippen LogP contribution < -0.4 is 4.72 Å². The molecule has 0 radical (unpaired) electrons. The number of hydrogen-bond donors (Lipinski definition) is 2. The third-order valence-electron chi connectivity index (χ3n) is 4.51. The molecule has 0 aliphatic heterocycles. The standard InChI is InChI=1S/C21H16F2N4O2S/c22-19-5-4-17(11-20(19)23)30(28,29)26-12-14-2-1-3-16(10-14)21-18(13-25-27-21)15-6-8-24-9-7-15/h1-11,13,26H,12H2,(H,25,27). The average molecular weight is 426 g/mol. The van der Waals surface area contributed by atoms with Crippen molar-refractivity contribution in [1.82, 2.24) is 19.9 Å². The highest BCUT2D eigenvalue weighted by molar-refractivity contribution is 7.89. The second-order valence-corrected chi connectivity index (χ2v) is 8.26. The zero-order valence-electron chi connectivity index (χ0n) is 15.5. The van der Waals surface area contributed by atoms with Gasteiger partial charge < -0.3 is 0 Å². The van der Waals surface area contributed by atoms with Crippen LogP contribution in [0, 0.1) is 11.6 Å². The van der Waals surface area contributed by atoms with Crippen LogP contribution in [-0.4, -0.2) is 23.6 Å². The number of halogens is 2. The fourth-order valence-corrected chi connectivity index (χ4v) is 4.03. The fraction of sp³-hybridized carbons (Fsp3) is 0.0476. The Morgan fingerprint density at radius 2 is 1.73 bits per heavy atom. The molecule has 0 saturated heterocycles. The van der Waals surface area contributed by atoms with E-state index in [-0.39, 0.29) is 11.4 Å². The van der Waals surface area contributed by atoms with Gasteiger partial charge in [-0.2, -0.15) is 5.10 Å². The van der Waals surface area contributed by atoms with Crippen molar-refractivity contribution in [1.29, 1.82) is 0 Å². The molecule has 0 atom stereocenters. The molecular weight excluding hydrogens is 410 g/mol. The summed E-state index contributed by atoms with van der Waals surface area (Å²) in [4.78, 5) is 3.67. The van der Waals surface area contributed by atoms with E-state index in [9.17, 15) is 17.2 Å². The molecule has 30 heavy (non-hydrogen) atoms. The van der Waals surface area contributed by atoms with E-state index in [1.807, 2.05) is 24.3 Å². The third-order valence-corrected chi connectivity index (χ3v) is 5.91. The number of sulfonamides is 1. The van der Waals surface area contributed by atoms with Gasteiger partial charge in [-0.05, 0) is 47.5 Å². The maximum atomic E-state index is 13.4. The number of H-pyrrole nitrogens is 1. The summed E-state index contributed by atoms with van der Waals surface area (Å²) in [5.41, 5.74) is 4.12. The number of nitrogens with zero attached hydrogens (tertiary/aromatic N) is 2. The first-order valence-electron chi connectivity index (χ1n) is 8.92. The molecule has 4 rings (SSSR count). The lowest BCUT2D eigenvalue weighted by molar-refractivity contribution is 0.504. The van der Waals surface area contributed by atoms with Crippen molar-refractivity contribution in [2.45, 2.75) is 11.4 Å². The molecule has 2 aromatic heterocycles. The Morgan fingerprint density at radius 1 is 0.933 bits per heavy atom. The van der Waals surface area contributed by atoms with Gasteiger partial charge in [-0.15, -0.1) is 0 Å². The summed E-state index contributed by atoms with van der Waals surface area (Å²) in [6, 6.07) is 13.5. The van der Waals surface area contributed by atoms with Crippen LogP contribution in [-0.2, 0) is 16.6 Å². The van der Waals surface area contributed by atoms with E-state index in [1.165, 1.54) is 0 Å². The van der Waals surface area contributed by atoms with Gasteiger partial charge in [0.1, 0.15) is 0 Å². The molecule has 152 valence electrons. The van der Waals surface area contributed by atoms with E-state index in [0.717, 1.165) is 34.5 Å². The van der Waals surface area contributed by atoms with Gasteiger partial charge in [-0.1, -0.05) is 18.2 Å². The second kappa shape index (κ2) is 8.13. The van der Waals surface area contributed by atoms with Gasteiger partial charge in [0, 0.05) is 30.1 Å². The molecule has 0 unspecified atom stereocenters. The van der Waals surface area contributed by atoms with E-state index < -0.39 is 21.7 Å². The van der Waals surface area contributed by atoms with E-state index in [2.05, 4.69) is 19.9 Å². The minimum atomic E-state index is -4.00. The van der Waals surface area contributed by atoms with Crippen LogP contribution in [0.15, 0.2) is 78.1 Å². The third kappa shape index (κ3) is 4.12. The number of pyridine rings is 1. The number of aromatic amines is 1. The molecule has 2 heterocycles. The van der Waals surface area contributed by atoms with Gasteiger partial charge in [-0.25, -0.2) is 21.9 Å². The van der Waals surface area contributed by atoms with Crippen LogP contribution in [0.5, 0.6) is 0 Å². The fourth-order valence-electron chi connectivity index (χ4n) is 3.00. The Kier molecular flexibility index (Phi) is 5.39. The Morgan fingerprint density at radius 3 is 2.50 bits per heavy atom. The molecule has 2 aromatic carbocycles. The summed E-state index contributed by atoms with van der Waals surface area (Å²) in [6.07, 6.45) is 5.09. The summed E-state index contributed by atoms with van der Waals surface area (Å²) >= 11 is 0. The van der Waals surface area contributed by atoms with Gasteiger partial charge in [0.2, 0.25) is 10.0 Å². The first-order chi connectivity index (χ1) is 14.4. The lowest BCUT2D eigenvalue weighted by atomic mass is 10.0. The minimum Gasteiger partial charge on any atom is -0.277 e. The highest BCUT2D eigenvalue weighted by Gasteiger charge is 2.17. The number of rotatable bonds is 6. The Labute approximate surface area is 171 Å². The molecule has 0 bridgehead atoms. The molecular formula is C21H16F2N4O2S. The van der Waals surface area contributed by atoms with Gasteiger partial charge in [0.05, 0.1) is 16.8 Å². The summed E-state index contributed by atoms with van der Waals surface area (Å²) in [7, 11) is -4.00. The first-order valence-corrected chi connectivity index (χ1v) is 10.4. The maximum absolute atomic E-state index is 13.4. The molecule has 0 saturated carbocycles. The number of nitrogens with one attached hydrogen (secondary N) is 2. The summed E-state index contributed by atoms with van der Waals surface area (Å²) in [5, 5.41) is 7.09. The zero-order valence-corrected chi connectivity index (χ0v) is 16.3. The summed E-state index contributed by atoms with van der Waals surface area (Å²) in [5.74, 6) is -2.33. The van der Waals surface area contributed by atoms with Crippen molar-refractivity contribution in [3.8, 4) is 22.4 Å². The van der Waals surface area contributed by atoms with Gasteiger partial charge >= 0.3 is 0 Å². The number of aromatic nitrogens is 3. The molecule has 0 amide bonds. The second-order valence-electron chi connectivity index (χ2n) is 6.50. The molecule has 0 aliphatic rings. The van der Waals surface area contributed by atoms with Crippen LogP contribution >= 0.6 is 0 Å². The normalized spacial score (nSPS) is 11.5. The van der Waals surface area contributed by atoms with Crippen molar-refractivity contribution >= 4 is 10.0 Å². The number of hydrogen-bond acceptors (Lipinski definition) is 4.